The molecule has 1 aliphatic rings. The minimum Gasteiger partial charge on any atom is -0.415 e. The minimum absolute atomic E-state index is 0.190. The number of aromatic nitrogens is 6. The Balaban J connectivity index is 1.60. The Kier molecular flexibility index (Phi) is 5.47. The number of hydrogen-bond donors (Lipinski definition) is 2. The first-order valence-electron chi connectivity index (χ1n) is 8.84. The van der Waals surface area contributed by atoms with Crippen LogP contribution in [0.4, 0.5) is 29.2 Å². The van der Waals surface area contributed by atoms with E-state index in [1.165, 1.54) is 23.1 Å². The van der Waals surface area contributed by atoms with E-state index < -0.39 is 19.1 Å². The predicted octanol–water partition coefficient (Wildman–Crippen LogP) is 3.13. The third-order valence-electron chi connectivity index (χ3n) is 4.62. The fraction of sp³-hybridized carbons (Fsp3) is 0.500. The lowest BCUT2D eigenvalue weighted by atomic mass is 9.92. The van der Waals surface area contributed by atoms with Crippen molar-refractivity contribution in [2.75, 3.05) is 18.5 Å². The molecule has 0 radical (unpaired) electrons. The van der Waals surface area contributed by atoms with E-state index in [9.17, 15) is 17.6 Å². The quantitative estimate of drug-likeness (QED) is 0.572. The van der Waals surface area contributed by atoms with Crippen LogP contribution in [0.25, 0.3) is 11.2 Å². The Morgan fingerprint density at radius 2 is 2.00 bits per heavy atom. The van der Waals surface area contributed by atoms with Gasteiger partial charge in [0.2, 0.25) is 5.88 Å². The van der Waals surface area contributed by atoms with E-state index in [-0.39, 0.29) is 29.1 Å². The molecule has 4 rings (SSSR count). The summed E-state index contributed by atoms with van der Waals surface area (Å²) in [6.45, 7) is -2.16. The number of rotatable bonds is 7. The molecular weight excluding hydrogens is 398 g/mol. The van der Waals surface area contributed by atoms with Gasteiger partial charge in [-0.15, -0.1) is 5.10 Å². The molecule has 13 heteroatoms. The standard InChI is InChI=1S/C16H17F4N7O2/c17-14(18)13(8-1-3-28-4-2-8)27-15-9(6-22-27)21-7-11(24-15)23-10-5-12(26-25-10)29-16(19)20/h5-8,13-14,16H,1-4H2,(H2,23,24,25,26). The van der Waals surface area contributed by atoms with Crippen molar-refractivity contribution in [3.63, 3.8) is 0 Å². The maximum atomic E-state index is 13.9. The highest BCUT2D eigenvalue weighted by atomic mass is 19.3. The first-order valence-corrected chi connectivity index (χ1v) is 8.84. The summed E-state index contributed by atoms with van der Waals surface area (Å²) in [5.41, 5.74) is 0.551. The van der Waals surface area contributed by atoms with Gasteiger partial charge in [0.05, 0.1) is 12.4 Å². The van der Waals surface area contributed by atoms with Crippen LogP contribution in [0, 0.1) is 5.92 Å². The molecule has 0 amide bonds. The molecule has 4 heterocycles. The molecule has 0 aromatic carbocycles. The van der Waals surface area contributed by atoms with Crippen molar-refractivity contribution in [3.8, 4) is 5.88 Å². The average Bonchev–Trinajstić information content (AvgIpc) is 3.29. The van der Waals surface area contributed by atoms with Crippen LogP contribution in [0.15, 0.2) is 18.5 Å². The highest BCUT2D eigenvalue weighted by Gasteiger charge is 2.34. The van der Waals surface area contributed by atoms with Gasteiger partial charge in [-0.2, -0.15) is 13.9 Å². The van der Waals surface area contributed by atoms with Crippen LogP contribution in [0.5, 0.6) is 5.88 Å². The van der Waals surface area contributed by atoms with Crippen LogP contribution < -0.4 is 10.1 Å². The van der Waals surface area contributed by atoms with Crippen molar-refractivity contribution >= 4 is 22.8 Å². The molecule has 0 aliphatic carbocycles. The lowest BCUT2D eigenvalue weighted by molar-refractivity contribution is -0.0528. The first-order chi connectivity index (χ1) is 14.0. The Bertz CT molecular complexity index is 958. The number of aromatic amines is 1. The summed E-state index contributed by atoms with van der Waals surface area (Å²) in [7, 11) is 0. The highest BCUT2D eigenvalue weighted by Crippen LogP contribution is 2.34. The van der Waals surface area contributed by atoms with Crippen molar-refractivity contribution in [1.29, 1.82) is 0 Å². The molecule has 1 saturated heterocycles. The van der Waals surface area contributed by atoms with E-state index in [0.717, 1.165) is 0 Å². The van der Waals surface area contributed by atoms with E-state index in [1.807, 2.05) is 0 Å². The van der Waals surface area contributed by atoms with Crippen molar-refractivity contribution in [2.24, 2.45) is 5.92 Å². The molecule has 0 bridgehead atoms. The van der Waals surface area contributed by atoms with Crippen LogP contribution in [-0.4, -0.2) is 56.2 Å². The van der Waals surface area contributed by atoms with Gasteiger partial charge in [0.1, 0.15) is 17.4 Å². The van der Waals surface area contributed by atoms with Gasteiger partial charge in [-0.1, -0.05) is 0 Å². The highest BCUT2D eigenvalue weighted by molar-refractivity contribution is 5.72. The van der Waals surface area contributed by atoms with Gasteiger partial charge in [0.15, 0.2) is 11.5 Å². The second-order valence-electron chi connectivity index (χ2n) is 6.45. The normalized spacial score (nSPS) is 16.6. The van der Waals surface area contributed by atoms with Crippen LogP contribution in [-0.2, 0) is 4.74 Å². The molecule has 3 aromatic rings. The van der Waals surface area contributed by atoms with Gasteiger partial charge in [-0.3, -0.25) is 5.10 Å². The molecule has 1 fully saturated rings. The van der Waals surface area contributed by atoms with E-state index in [2.05, 4.69) is 35.3 Å². The summed E-state index contributed by atoms with van der Waals surface area (Å²) in [6, 6.07) is 0.0541. The van der Waals surface area contributed by atoms with Crippen molar-refractivity contribution in [1.82, 2.24) is 29.9 Å². The number of H-pyrrole nitrogens is 1. The van der Waals surface area contributed by atoms with Crippen molar-refractivity contribution < 1.29 is 27.0 Å². The maximum Gasteiger partial charge on any atom is 0.388 e. The summed E-state index contributed by atoms with van der Waals surface area (Å²) in [6.07, 6.45) is 1.12. The summed E-state index contributed by atoms with van der Waals surface area (Å²) in [5.74, 6) is -0.188. The topological polar surface area (TPSA) is 103 Å². The number of hydrogen-bond acceptors (Lipinski definition) is 7. The largest absolute Gasteiger partial charge is 0.415 e. The number of anilines is 2. The molecule has 1 unspecified atom stereocenters. The Labute approximate surface area is 161 Å². The van der Waals surface area contributed by atoms with Gasteiger partial charge >= 0.3 is 6.61 Å². The van der Waals surface area contributed by atoms with E-state index in [4.69, 9.17) is 4.74 Å². The third kappa shape index (κ3) is 4.23. The summed E-state index contributed by atoms with van der Waals surface area (Å²) >= 11 is 0. The molecule has 2 N–H and O–H groups in total. The maximum absolute atomic E-state index is 13.9. The zero-order valence-corrected chi connectivity index (χ0v) is 14.9. The lowest BCUT2D eigenvalue weighted by Crippen LogP contribution is -2.31. The molecule has 156 valence electrons. The van der Waals surface area contributed by atoms with Crippen LogP contribution in [0.3, 0.4) is 0 Å². The summed E-state index contributed by atoms with van der Waals surface area (Å²) < 4.78 is 62.9. The van der Waals surface area contributed by atoms with Gasteiger partial charge in [0, 0.05) is 19.3 Å². The fourth-order valence-electron chi connectivity index (χ4n) is 3.32. The van der Waals surface area contributed by atoms with Crippen molar-refractivity contribution in [2.45, 2.75) is 31.9 Å². The smallest absolute Gasteiger partial charge is 0.388 e. The van der Waals surface area contributed by atoms with Crippen LogP contribution in [0.2, 0.25) is 0 Å². The number of nitrogens with one attached hydrogen (secondary N) is 2. The van der Waals surface area contributed by atoms with E-state index in [1.54, 1.807) is 0 Å². The SMILES string of the molecule is FC(F)Oc1cc(Nc2cnc3cnn(C(C(F)F)C4CCOCC4)c3n2)[nH]n1. The second-order valence-corrected chi connectivity index (χ2v) is 6.45. The second kappa shape index (κ2) is 8.19. The monoisotopic (exact) mass is 415 g/mol. The van der Waals surface area contributed by atoms with Crippen LogP contribution in [0.1, 0.15) is 18.9 Å². The number of fused-ring (bicyclic) bond motifs is 1. The lowest BCUT2D eigenvalue weighted by Gasteiger charge is -2.30. The average molecular weight is 415 g/mol. The molecule has 3 aromatic heterocycles. The van der Waals surface area contributed by atoms with E-state index in [0.29, 0.717) is 31.6 Å². The van der Waals surface area contributed by atoms with Gasteiger partial charge in [-0.05, 0) is 18.8 Å². The zero-order valence-electron chi connectivity index (χ0n) is 14.9. The molecule has 0 saturated carbocycles. The Morgan fingerprint density at radius 1 is 1.21 bits per heavy atom. The van der Waals surface area contributed by atoms with Crippen molar-refractivity contribution in [3.05, 3.63) is 18.5 Å². The summed E-state index contributed by atoms with van der Waals surface area (Å²) in [5, 5.41) is 12.9. The van der Waals surface area contributed by atoms with Crippen LogP contribution >= 0.6 is 0 Å². The number of halogens is 4. The van der Waals surface area contributed by atoms with Gasteiger partial charge < -0.3 is 14.8 Å². The molecular formula is C16H17F4N7O2. The first kappa shape index (κ1) is 19.4. The molecule has 1 aliphatic heterocycles. The molecule has 0 spiro atoms. The Hall–Kier alpha value is -2.96. The number of nitrogens with zero attached hydrogens (tertiary/aromatic N) is 5. The summed E-state index contributed by atoms with van der Waals surface area (Å²) in [4.78, 5) is 8.50. The molecule has 1 atom stereocenters. The zero-order chi connectivity index (χ0) is 20.4. The number of alkyl halides is 4. The fourth-order valence-corrected chi connectivity index (χ4v) is 3.32. The van der Waals surface area contributed by atoms with E-state index >= 15 is 0 Å². The minimum atomic E-state index is -3.01. The number of ether oxygens (including phenoxy) is 2. The van der Waals surface area contributed by atoms with Gasteiger partial charge in [0.25, 0.3) is 6.43 Å². The van der Waals surface area contributed by atoms with Gasteiger partial charge in [-0.25, -0.2) is 23.4 Å². The third-order valence-corrected chi connectivity index (χ3v) is 4.62. The molecule has 9 nitrogen and oxygen atoms in total. The molecule has 29 heavy (non-hydrogen) atoms. The Morgan fingerprint density at radius 3 is 2.72 bits per heavy atom. The predicted molar refractivity (Wildman–Crippen MR) is 92.4 cm³/mol.